The van der Waals surface area contributed by atoms with Gasteiger partial charge >= 0.3 is 0 Å². The molecule has 6 heterocycles. The van der Waals surface area contributed by atoms with Crippen LogP contribution in [0.25, 0.3) is 33.4 Å². The van der Waals surface area contributed by atoms with Crippen LogP contribution in [0.1, 0.15) is 65.2 Å². The van der Waals surface area contributed by atoms with E-state index in [1.807, 2.05) is 47.9 Å². The molecule has 2 saturated carbocycles. The van der Waals surface area contributed by atoms with E-state index in [0.717, 1.165) is 31.4 Å². The van der Waals surface area contributed by atoms with Gasteiger partial charge < -0.3 is 29.9 Å². The van der Waals surface area contributed by atoms with Gasteiger partial charge in [0.25, 0.3) is 11.1 Å². The summed E-state index contributed by atoms with van der Waals surface area (Å²) in [6.07, 6.45) is 11.3. The monoisotopic (exact) mass is 860 g/mol. The average Bonchev–Trinajstić information content (AvgIpc) is 4.11. The highest BCUT2D eigenvalue weighted by Gasteiger charge is 2.49. The molecule has 2 saturated heterocycles. The quantitative estimate of drug-likeness (QED) is 0.191. The first-order chi connectivity index (χ1) is 30.1. The third-order valence-electron chi connectivity index (χ3n) is 13.4. The van der Waals surface area contributed by atoms with E-state index < -0.39 is 11.2 Å². The molecule has 330 valence electrons. The molecule has 0 radical (unpaired) electrons. The summed E-state index contributed by atoms with van der Waals surface area (Å²) in [4.78, 5) is 63.8. The molecular formula is C45H52N10O8. The van der Waals surface area contributed by atoms with Crippen molar-refractivity contribution in [2.24, 2.45) is 10.8 Å². The van der Waals surface area contributed by atoms with Crippen LogP contribution in [0, 0.1) is 10.8 Å². The first kappa shape index (κ1) is 41.9. The Bertz CT molecular complexity index is 2840. The number of nitrogens with zero attached hydrogens (tertiary/aromatic N) is 10. The van der Waals surface area contributed by atoms with Crippen molar-refractivity contribution < 1.29 is 29.6 Å². The first-order valence-corrected chi connectivity index (χ1v) is 21.4. The molecule has 0 unspecified atom stereocenters. The maximum atomic E-state index is 13.1. The number of carbonyl (C=O) groups excluding carboxylic acids is 2. The lowest BCUT2D eigenvalue weighted by atomic mass is 9.90. The van der Waals surface area contributed by atoms with E-state index >= 15 is 0 Å². The highest BCUT2D eigenvalue weighted by molar-refractivity contribution is 5.85. The maximum Gasteiger partial charge on any atom is 0.264 e. The Hall–Kier alpha value is -6.40. The van der Waals surface area contributed by atoms with Gasteiger partial charge in [0.1, 0.15) is 34.9 Å². The predicted molar refractivity (Wildman–Crippen MR) is 231 cm³/mol. The summed E-state index contributed by atoms with van der Waals surface area (Å²) in [7, 11) is 1.59. The number of hydrogen-bond acceptors (Lipinski definition) is 12. The normalized spacial score (nSPS) is 19.3. The molecule has 2 aromatic carbocycles. The van der Waals surface area contributed by atoms with Gasteiger partial charge in [-0.25, -0.2) is 19.3 Å². The number of benzene rings is 2. The molecule has 4 fully saturated rings. The number of phenolic OH excluding ortho intramolecular Hbond substituents is 1. The molecule has 3 N–H and O–H groups in total. The van der Waals surface area contributed by atoms with Crippen molar-refractivity contribution in [2.75, 3.05) is 33.3 Å². The molecule has 4 aromatic heterocycles. The van der Waals surface area contributed by atoms with E-state index in [2.05, 4.69) is 20.2 Å². The van der Waals surface area contributed by atoms with E-state index in [0.29, 0.717) is 85.4 Å². The van der Waals surface area contributed by atoms with Crippen LogP contribution in [0.4, 0.5) is 0 Å². The lowest BCUT2D eigenvalue weighted by molar-refractivity contribution is -0.142. The molecule has 18 heteroatoms. The van der Waals surface area contributed by atoms with Crippen LogP contribution < -0.4 is 15.9 Å². The summed E-state index contributed by atoms with van der Waals surface area (Å²) >= 11 is 0. The molecule has 0 bridgehead atoms. The van der Waals surface area contributed by atoms with Gasteiger partial charge in [-0.15, -0.1) is 0 Å². The minimum absolute atomic E-state index is 0.0946. The van der Waals surface area contributed by atoms with Gasteiger partial charge in [0.05, 0.1) is 55.2 Å². The molecule has 2 aliphatic heterocycles. The second-order valence-corrected chi connectivity index (χ2v) is 18.3. The summed E-state index contributed by atoms with van der Waals surface area (Å²) in [6, 6.07) is 13.9. The maximum absolute atomic E-state index is 13.1. The highest BCUT2D eigenvalue weighted by Crippen LogP contribution is 2.48. The number of aromatic nitrogens is 8. The minimum Gasteiger partial charge on any atom is -0.508 e. The Balaban J connectivity index is 0.000000160. The Labute approximate surface area is 362 Å². The van der Waals surface area contributed by atoms with E-state index in [4.69, 9.17) is 4.74 Å². The number of aliphatic hydroxyl groups is 2. The van der Waals surface area contributed by atoms with Gasteiger partial charge in [0.15, 0.2) is 11.3 Å². The molecule has 10 rings (SSSR count). The third kappa shape index (κ3) is 8.20. The van der Waals surface area contributed by atoms with E-state index in [1.165, 1.54) is 38.9 Å². The first-order valence-electron chi connectivity index (χ1n) is 21.4. The van der Waals surface area contributed by atoms with Gasteiger partial charge in [0, 0.05) is 49.1 Å². The number of hydrogen-bond donors (Lipinski definition) is 3. The topological polar surface area (TPSA) is 216 Å². The van der Waals surface area contributed by atoms with E-state index in [9.17, 15) is 34.5 Å². The van der Waals surface area contributed by atoms with Crippen LogP contribution in [0.3, 0.4) is 0 Å². The molecule has 0 atom stereocenters. The van der Waals surface area contributed by atoms with E-state index in [1.54, 1.807) is 36.1 Å². The number of methoxy groups -OCH3 is 1. The Morgan fingerprint density at radius 3 is 1.49 bits per heavy atom. The largest absolute Gasteiger partial charge is 0.508 e. The standard InChI is InChI=1S/C23H27N5O4.C22H25N5O4/c1-22(6-7-22)21(30)26-10-8-23(31,9-11-26)14-27-15-24-19-18(20(27)29)13-25-28(19)16-4-3-5-17(12-16)32-2;1-21(5-6-21)20(30)25-9-7-22(31,8-10-25)13-26-14-23-18-17(19(26)29)12-24-27(18)15-3-2-4-16(28)11-15/h3-5,12-13,15,31H,6-11,14H2,1-2H3;2-4,11-12,14,28,31H,5-10,13H2,1H3. The van der Waals surface area contributed by atoms with Crippen LogP contribution in [-0.4, -0.2) is 120 Å². The number of aromatic hydroxyl groups is 1. The SMILES string of the molecule is CC1(C(=O)N2CCC(O)(Cn3cnc4c(cnn4-c4cccc(O)c4)c3=O)CC2)CC1.COc1cccc(-n2ncc3c(=O)n(CC4(O)CCN(C(=O)C5(C)CC5)CC4)cnc32)c1. The van der Waals surface area contributed by atoms with Crippen molar-refractivity contribution in [2.45, 2.75) is 89.5 Å². The third-order valence-corrected chi connectivity index (χ3v) is 13.4. The number of fused-ring (bicyclic) bond motifs is 2. The zero-order chi connectivity index (χ0) is 44.3. The second-order valence-electron chi connectivity index (χ2n) is 18.3. The lowest BCUT2D eigenvalue weighted by Gasteiger charge is -2.39. The predicted octanol–water partition coefficient (Wildman–Crippen LogP) is 3.19. The van der Waals surface area contributed by atoms with Crippen molar-refractivity contribution in [1.29, 1.82) is 0 Å². The summed E-state index contributed by atoms with van der Waals surface area (Å²) in [5.74, 6) is 1.14. The number of likely N-dealkylation sites (tertiary alicyclic amines) is 2. The van der Waals surface area contributed by atoms with Crippen LogP contribution in [0.2, 0.25) is 0 Å². The van der Waals surface area contributed by atoms with Crippen molar-refractivity contribution in [3.63, 3.8) is 0 Å². The molecule has 6 aromatic rings. The van der Waals surface area contributed by atoms with Gasteiger partial charge in [-0.1, -0.05) is 26.0 Å². The van der Waals surface area contributed by atoms with Gasteiger partial charge in [0.2, 0.25) is 11.8 Å². The lowest BCUT2D eigenvalue weighted by Crippen LogP contribution is -2.51. The number of amides is 2. The molecule has 2 aliphatic carbocycles. The zero-order valence-electron chi connectivity index (χ0n) is 35.7. The molecule has 2 amide bonds. The van der Waals surface area contributed by atoms with Crippen LogP contribution in [-0.2, 0) is 22.7 Å². The highest BCUT2D eigenvalue weighted by atomic mass is 16.5. The van der Waals surface area contributed by atoms with Gasteiger partial charge in [-0.3, -0.25) is 28.3 Å². The van der Waals surface area contributed by atoms with Crippen molar-refractivity contribution in [1.82, 2.24) is 48.5 Å². The Kier molecular flexibility index (Phi) is 10.5. The fourth-order valence-electron chi connectivity index (χ4n) is 8.64. The smallest absolute Gasteiger partial charge is 0.264 e. The van der Waals surface area contributed by atoms with Crippen molar-refractivity contribution in [3.8, 4) is 22.9 Å². The fraction of sp³-hybridized carbons (Fsp3) is 0.467. The van der Waals surface area contributed by atoms with Gasteiger partial charge in [-0.05, 0) is 75.6 Å². The van der Waals surface area contributed by atoms with Gasteiger partial charge in [-0.2, -0.15) is 10.2 Å². The molecular weight excluding hydrogens is 809 g/mol. The number of piperidine rings is 2. The number of ether oxygens (including phenoxy) is 1. The Morgan fingerprint density at radius 2 is 1.08 bits per heavy atom. The molecule has 0 spiro atoms. The number of rotatable bonds is 9. The summed E-state index contributed by atoms with van der Waals surface area (Å²) in [5.41, 5.74) is -0.896. The number of carbonyl (C=O) groups is 2. The van der Waals surface area contributed by atoms with Crippen LogP contribution >= 0.6 is 0 Å². The summed E-state index contributed by atoms with van der Waals surface area (Å²) in [5, 5.41) is 41.2. The van der Waals surface area contributed by atoms with Crippen molar-refractivity contribution in [3.05, 3.63) is 94.3 Å². The molecule has 18 nitrogen and oxygen atoms in total. The van der Waals surface area contributed by atoms with E-state index in [-0.39, 0.29) is 52.6 Å². The second kappa shape index (κ2) is 15.7. The Morgan fingerprint density at radius 1 is 0.651 bits per heavy atom. The molecule has 63 heavy (non-hydrogen) atoms. The summed E-state index contributed by atoms with van der Waals surface area (Å²) < 4.78 is 11.2. The molecule has 4 aliphatic rings. The fourth-order valence-corrected chi connectivity index (χ4v) is 8.64. The van der Waals surface area contributed by atoms with Crippen LogP contribution in [0.5, 0.6) is 11.5 Å². The minimum atomic E-state index is -1.07. The van der Waals surface area contributed by atoms with Crippen molar-refractivity contribution >= 4 is 33.9 Å². The average molecular weight is 861 g/mol. The zero-order valence-corrected chi connectivity index (χ0v) is 35.7. The van der Waals surface area contributed by atoms with Crippen LogP contribution in [0.15, 0.2) is 83.2 Å². The summed E-state index contributed by atoms with van der Waals surface area (Å²) in [6.45, 7) is 6.24. The number of phenols is 1.